The van der Waals surface area contributed by atoms with Crippen LogP contribution in [0.1, 0.15) is 255 Å². The van der Waals surface area contributed by atoms with Gasteiger partial charge in [-0.25, -0.2) is 16.8 Å². The average Bonchev–Trinajstić information content (AvgIpc) is 3.32. The van der Waals surface area contributed by atoms with Crippen LogP contribution < -0.4 is 0 Å². The molecule has 0 radical (unpaired) electrons. The van der Waals surface area contributed by atoms with E-state index in [2.05, 4.69) is 39.8 Å². The molecule has 0 aliphatic heterocycles. The Morgan fingerprint density at radius 1 is 0.304 bits per heavy atom. The fourth-order valence-electron chi connectivity index (χ4n) is 10.1. The summed E-state index contributed by atoms with van der Waals surface area (Å²) in [5.74, 6) is 0. The smallest absolute Gasteiger partial charge is 0.744 e. The molecule has 0 amide bonds. The van der Waals surface area contributed by atoms with Crippen molar-refractivity contribution in [2.45, 2.75) is 269 Å². The second-order valence-corrected chi connectivity index (χ2v) is 22.6. The summed E-state index contributed by atoms with van der Waals surface area (Å²) in [5, 5.41) is 4.15. The quantitative estimate of drug-likeness (QED) is 0.0251. The number of benzene rings is 4. The van der Waals surface area contributed by atoms with E-state index in [0.29, 0.717) is 12.8 Å². The predicted molar refractivity (Wildman–Crippen MR) is 295 cm³/mol. The number of unbranched alkanes of at least 4 members (excludes halogenated alkanes) is 28. The largest absolute Gasteiger partial charge is 2.00 e. The predicted octanol–water partition coefficient (Wildman–Crippen LogP) is 17.8. The van der Waals surface area contributed by atoms with E-state index < -0.39 is 20.2 Å². The molecule has 0 aliphatic rings. The zero-order chi connectivity index (χ0) is 49.3. The van der Waals surface area contributed by atoms with E-state index in [1.54, 1.807) is 12.1 Å². The van der Waals surface area contributed by atoms with Crippen molar-refractivity contribution in [3.63, 3.8) is 0 Å². The van der Waals surface area contributed by atoms with E-state index >= 15 is 0 Å². The van der Waals surface area contributed by atoms with Crippen LogP contribution in [0.25, 0.3) is 21.5 Å². The van der Waals surface area contributed by atoms with Crippen LogP contribution in [-0.4, -0.2) is 74.8 Å². The fraction of sp³-hybridized carbons (Fsp3) is 0.667. The van der Waals surface area contributed by atoms with Gasteiger partial charge in [-0.1, -0.05) is 256 Å². The first-order valence-electron chi connectivity index (χ1n) is 28.0. The van der Waals surface area contributed by atoms with E-state index in [9.17, 15) is 25.9 Å². The minimum Gasteiger partial charge on any atom is -0.744 e. The Morgan fingerprint density at radius 2 is 0.551 bits per heavy atom. The molecule has 0 aromatic heterocycles. The number of rotatable bonds is 38. The topological polar surface area (TPSA) is 114 Å². The summed E-state index contributed by atoms with van der Waals surface area (Å²) in [5.41, 5.74) is 4.01. The molecule has 4 aromatic rings. The zero-order valence-corrected chi connectivity index (χ0v) is 50.3. The van der Waals surface area contributed by atoms with E-state index in [1.165, 1.54) is 178 Å². The summed E-state index contributed by atoms with van der Waals surface area (Å²) >= 11 is 0. The van der Waals surface area contributed by atoms with Gasteiger partial charge in [0.2, 0.25) is 0 Å². The zero-order valence-electron chi connectivity index (χ0n) is 44.2. The number of hydrogen-bond acceptors (Lipinski definition) is 6. The molecule has 0 saturated heterocycles. The van der Waals surface area contributed by atoms with Gasteiger partial charge in [0.15, 0.2) is 0 Å². The monoisotopic (exact) mass is 1110 g/mol. The first-order valence-corrected chi connectivity index (χ1v) is 30.8. The van der Waals surface area contributed by atoms with Gasteiger partial charge in [0.25, 0.3) is 0 Å². The van der Waals surface area contributed by atoms with Gasteiger partial charge in [-0.05, 0) is 107 Å². The third-order valence-corrected chi connectivity index (χ3v) is 16.0. The van der Waals surface area contributed by atoms with Gasteiger partial charge in [0.1, 0.15) is 20.2 Å². The van der Waals surface area contributed by atoms with Gasteiger partial charge >= 0.3 is 48.9 Å². The van der Waals surface area contributed by atoms with Crippen LogP contribution in [-0.2, 0) is 45.9 Å². The van der Waals surface area contributed by atoms with Crippen molar-refractivity contribution < 1.29 is 25.9 Å². The summed E-state index contributed by atoms with van der Waals surface area (Å²) in [6.07, 6.45) is 43.2. The van der Waals surface area contributed by atoms with Crippen LogP contribution in [0.4, 0.5) is 0 Å². The third kappa shape index (κ3) is 25.5. The van der Waals surface area contributed by atoms with Crippen molar-refractivity contribution in [2.24, 2.45) is 0 Å². The summed E-state index contributed by atoms with van der Waals surface area (Å²) in [6, 6.07) is 19.2. The molecular formula is C60H94BaO6S2. The summed E-state index contributed by atoms with van der Waals surface area (Å²) < 4.78 is 72.0. The van der Waals surface area contributed by atoms with Crippen molar-refractivity contribution >= 4 is 90.7 Å². The van der Waals surface area contributed by atoms with Crippen LogP contribution in [0.3, 0.4) is 0 Å². The molecule has 0 N–H and O–H groups in total. The molecule has 0 bridgehead atoms. The second kappa shape index (κ2) is 38.4. The molecule has 0 aliphatic carbocycles. The first kappa shape index (κ1) is 63.9. The van der Waals surface area contributed by atoms with Crippen LogP contribution >= 0.6 is 0 Å². The molecule has 69 heavy (non-hydrogen) atoms. The standard InChI is InChI=1S/2C30H48O3S.Ba/c2*1-3-5-7-9-11-13-15-17-20-26-21-19-23-28-27(26)24-25-30(34(31,32)33)29(28)22-18-16-14-12-10-8-6-4-2;/h2*19,21,23-25H,3-18,20,22H2,1-2H3,(H,31,32,33);/q;;+2/p-2. The Morgan fingerprint density at radius 3 is 0.812 bits per heavy atom. The summed E-state index contributed by atoms with van der Waals surface area (Å²) in [7, 11) is -8.96. The maximum absolute atomic E-state index is 12.0. The summed E-state index contributed by atoms with van der Waals surface area (Å²) in [6.45, 7) is 8.96. The van der Waals surface area contributed by atoms with Crippen LogP contribution in [0.15, 0.2) is 70.5 Å². The average molecular weight is 1110 g/mol. The van der Waals surface area contributed by atoms with Crippen molar-refractivity contribution in [2.75, 3.05) is 0 Å². The van der Waals surface area contributed by atoms with Crippen LogP contribution in [0.2, 0.25) is 0 Å². The molecule has 384 valence electrons. The maximum atomic E-state index is 12.0. The second-order valence-electron chi connectivity index (χ2n) is 19.9. The van der Waals surface area contributed by atoms with E-state index in [0.717, 1.165) is 84.0 Å². The first-order chi connectivity index (χ1) is 33.0. The van der Waals surface area contributed by atoms with Crippen molar-refractivity contribution in [3.8, 4) is 0 Å². The minimum atomic E-state index is -4.48. The minimum absolute atomic E-state index is 0. The molecule has 4 rings (SSSR count). The third-order valence-electron chi connectivity index (χ3n) is 14.1. The number of aryl methyl sites for hydroxylation is 4. The molecule has 0 unspecified atom stereocenters. The van der Waals surface area contributed by atoms with Crippen molar-refractivity contribution in [3.05, 3.63) is 82.9 Å². The molecule has 0 heterocycles. The molecule has 6 nitrogen and oxygen atoms in total. The molecule has 0 spiro atoms. The molecule has 9 heteroatoms. The van der Waals surface area contributed by atoms with E-state index in [4.69, 9.17) is 0 Å². The van der Waals surface area contributed by atoms with E-state index in [1.807, 2.05) is 36.4 Å². The van der Waals surface area contributed by atoms with Crippen LogP contribution in [0.5, 0.6) is 0 Å². The number of fused-ring (bicyclic) bond motifs is 2. The summed E-state index contributed by atoms with van der Waals surface area (Å²) in [4.78, 5) is -0.0423. The fourth-order valence-corrected chi connectivity index (χ4v) is 11.6. The maximum Gasteiger partial charge on any atom is 2.00 e. The molecule has 4 aromatic carbocycles. The normalized spacial score (nSPS) is 11.8. The molecule has 0 saturated carbocycles. The Balaban J connectivity index is 0.000000467. The van der Waals surface area contributed by atoms with Gasteiger partial charge in [-0.15, -0.1) is 0 Å². The molecular weight excluding hydrogens is 1020 g/mol. The molecule has 0 fully saturated rings. The van der Waals surface area contributed by atoms with Crippen molar-refractivity contribution in [1.29, 1.82) is 0 Å². The Bertz CT molecular complexity index is 2030. The Kier molecular flexibility index (Phi) is 35.5. The van der Waals surface area contributed by atoms with Gasteiger partial charge in [-0.3, -0.25) is 0 Å². The Labute approximate surface area is 463 Å². The Hall–Kier alpha value is -1.21. The van der Waals surface area contributed by atoms with E-state index in [-0.39, 0.29) is 58.7 Å². The van der Waals surface area contributed by atoms with Gasteiger partial charge in [-0.2, -0.15) is 0 Å². The SMILES string of the molecule is CCCCCCCCCCc1cccc2c(CCCCCCCCCC)c(S(=O)(=O)[O-])ccc12.CCCCCCCCCCc1cccc2c(CCCCCCCCCC)c(S(=O)(=O)[O-])ccc12.[Ba+2]. The molecule has 0 atom stereocenters. The number of hydrogen-bond donors (Lipinski definition) is 0. The van der Waals surface area contributed by atoms with Crippen molar-refractivity contribution in [1.82, 2.24) is 0 Å². The van der Waals surface area contributed by atoms with Gasteiger partial charge in [0, 0.05) is 0 Å². The van der Waals surface area contributed by atoms with Crippen LogP contribution in [0, 0.1) is 0 Å². The van der Waals surface area contributed by atoms with Gasteiger partial charge < -0.3 is 9.11 Å². The van der Waals surface area contributed by atoms with Gasteiger partial charge in [0.05, 0.1) is 9.79 Å².